The van der Waals surface area contributed by atoms with Crippen molar-refractivity contribution in [3.8, 4) is 11.6 Å². The van der Waals surface area contributed by atoms with Crippen molar-refractivity contribution in [3.05, 3.63) is 71.7 Å². The summed E-state index contributed by atoms with van der Waals surface area (Å²) >= 11 is 0. The molecule has 6 heteroatoms. The van der Waals surface area contributed by atoms with Crippen LogP contribution >= 0.6 is 0 Å². The number of aromatic nitrogens is 2. The highest BCUT2D eigenvalue weighted by Gasteiger charge is 2.23. The van der Waals surface area contributed by atoms with Crippen LogP contribution in [0.1, 0.15) is 27.9 Å². The molecule has 138 valence electrons. The summed E-state index contributed by atoms with van der Waals surface area (Å²) in [5, 5.41) is 8.98. The number of rotatable bonds is 6. The quantitative estimate of drug-likeness (QED) is 0.722. The normalized spacial score (nSPS) is 17.3. The Kier molecular flexibility index (Phi) is 4.98. The van der Waals surface area contributed by atoms with Crippen molar-refractivity contribution in [2.24, 2.45) is 5.92 Å². The van der Waals surface area contributed by atoms with Gasteiger partial charge in [-0.3, -0.25) is 4.90 Å². The number of aromatic carboxylic acids is 1. The van der Waals surface area contributed by atoms with Gasteiger partial charge in [-0.15, -0.1) is 0 Å². The molecule has 1 fully saturated rings. The van der Waals surface area contributed by atoms with E-state index in [9.17, 15) is 4.79 Å². The van der Waals surface area contributed by atoms with Gasteiger partial charge in [0.25, 0.3) is 0 Å². The molecular formula is C21H21N3O3. The summed E-state index contributed by atoms with van der Waals surface area (Å²) in [4.78, 5) is 22.1. The van der Waals surface area contributed by atoms with E-state index in [0.717, 1.165) is 38.0 Å². The minimum Gasteiger partial charge on any atom is -0.478 e. The predicted molar refractivity (Wildman–Crippen MR) is 100 cm³/mol. The molecule has 0 radical (unpaired) electrons. The second-order valence-corrected chi connectivity index (χ2v) is 6.99. The molecule has 27 heavy (non-hydrogen) atoms. The van der Waals surface area contributed by atoms with Crippen molar-refractivity contribution in [1.29, 1.82) is 0 Å². The molecule has 2 aromatic heterocycles. The van der Waals surface area contributed by atoms with Crippen LogP contribution in [0.25, 0.3) is 11.6 Å². The van der Waals surface area contributed by atoms with Gasteiger partial charge in [-0.05, 0) is 55.1 Å². The maximum atomic E-state index is 10.9. The minimum absolute atomic E-state index is 0.338. The Labute approximate surface area is 157 Å². The van der Waals surface area contributed by atoms with Gasteiger partial charge in [0.2, 0.25) is 0 Å². The van der Waals surface area contributed by atoms with Gasteiger partial charge in [0.05, 0.1) is 11.8 Å². The number of benzene rings is 1. The zero-order valence-electron chi connectivity index (χ0n) is 14.9. The minimum atomic E-state index is -0.881. The summed E-state index contributed by atoms with van der Waals surface area (Å²) in [5.41, 5.74) is 2.62. The summed E-state index contributed by atoms with van der Waals surface area (Å²) in [5.74, 6) is 0.988. The van der Waals surface area contributed by atoms with Gasteiger partial charge in [0.15, 0.2) is 11.6 Å². The third-order valence-corrected chi connectivity index (χ3v) is 4.95. The number of carboxylic acid groups (broad SMARTS) is 1. The van der Waals surface area contributed by atoms with E-state index in [1.165, 1.54) is 5.56 Å². The molecule has 0 bridgehead atoms. The number of likely N-dealkylation sites (tertiary alicyclic amines) is 1. The zero-order valence-corrected chi connectivity index (χ0v) is 14.9. The number of nitrogens with zero attached hydrogens (tertiary/aromatic N) is 3. The van der Waals surface area contributed by atoms with Gasteiger partial charge in [0, 0.05) is 31.0 Å². The van der Waals surface area contributed by atoms with Crippen LogP contribution in [0.3, 0.4) is 0 Å². The van der Waals surface area contributed by atoms with E-state index in [1.54, 1.807) is 18.4 Å². The van der Waals surface area contributed by atoms with Crippen LogP contribution in [0.15, 0.2) is 59.5 Å². The van der Waals surface area contributed by atoms with Crippen molar-refractivity contribution in [3.63, 3.8) is 0 Å². The van der Waals surface area contributed by atoms with Gasteiger partial charge < -0.3 is 9.52 Å². The molecule has 1 aromatic carbocycles. The number of hydrogen-bond acceptors (Lipinski definition) is 5. The van der Waals surface area contributed by atoms with Gasteiger partial charge >= 0.3 is 5.97 Å². The van der Waals surface area contributed by atoms with Crippen molar-refractivity contribution >= 4 is 5.97 Å². The van der Waals surface area contributed by atoms with Gasteiger partial charge in [0.1, 0.15) is 0 Å². The highest BCUT2D eigenvalue weighted by Crippen LogP contribution is 2.23. The monoisotopic (exact) mass is 363 g/mol. The third kappa shape index (κ3) is 4.23. The van der Waals surface area contributed by atoms with Gasteiger partial charge in [-0.2, -0.15) is 0 Å². The Bertz CT molecular complexity index is 889. The Balaban J connectivity index is 1.31. The maximum Gasteiger partial charge on any atom is 0.335 e. The summed E-state index contributed by atoms with van der Waals surface area (Å²) < 4.78 is 5.32. The van der Waals surface area contributed by atoms with Gasteiger partial charge in [-0.25, -0.2) is 14.8 Å². The molecule has 1 N–H and O–H groups in total. The molecule has 3 aromatic rings. The predicted octanol–water partition coefficient (Wildman–Crippen LogP) is 3.50. The number of carboxylic acids is 1. The van der Waals surface area contributed by atoms with Crippen molar-refractivity contribution < 1.29 is 14.3 Å². The van der Waals surface area contributed by atoms with Crippen molar-refractivity contribution in [2.45, 2.75) is 19.4 Å². The van der Waals surface area contributed by atoms with Crippen molar-refractivity contribution in [2.75, 3.05) is 13.1 Å². The Morgan fingerprint density at radius 3 is 2.59 bits per heavy atom. The first kappa shape index (κ1) is 17.4. The van der Waals surface area contributed by atoms with E-state index in [-0.39, 0.29) is 0 Å². The van der Waals surface area contributed by atoms with E-state index >= 15 is 0 Å². The molecule has 1 aliphatic rings. The average molecular weight is 363 g/mol. The van der Waals surface area contributed by atoms with E-state index in [2.05, 4.69) is 14.9 Å². The third-order valence-electron chi connectivity index (χ3n) is 4.95. The number of furan rings is 1. The van der Waals surface area contributed by atoms with E-state index in [0.29, 0.717) is 23.1 Å². The lowest BCUT2D eigenvalue weighted by Crippen LogP contribution is -2.21. The van der Waals surface area contributed by atoms with Gasteiger partial charge in [-0.1, -0.05) is 12.1 Å². The summed E-state index contributed by atoms with van der Waals surface area (Å²) in [7, 11) is 0. The molecule has 4 rings (SSSR count). The van der Waals surface area contributed by atoms with Crippen LogP contribution in [-0.2, 0) is 13.0 Å². The lowest BCUT2D eigenvalue weighted by atomic mass is 9.98. The van der Waals surface area contributed by atoms with Crippen molar-refractivity contribution in [1.82, 2.24) is 14.9 Å². The highest BCUT2D eigenvalue weighted by atomic mass is 16.4. The largest absolute Gasteiger partial charge is 0.478 e. The van der Waals surface area contributed by atoms with E-state index < -0.39 is 5.97 Å². The fourth-order valence-electron chi connectivity index (χ4n) is 3.57. The SMILES string of the molecule is O=C(O)c1ccc(C[C@@H]2CCN(Cc3cnc(-c4ccco4)nc3)C2)cc1. The van der Waals surface area contributed by atoms with E-state index in [1.807, 2.05) is 36.7 Å². The molecule has 1 aliphatic heterocycles. The highest BCUT2D eigenvalue weighted by molar-refractivity contribution is 5.87. The van der Waals surface area contributed by atoms with Crippen LogP contribution in [0.4, 0.5) is 0 Å². The molecule has 3 heterocycles. The van der Waals surface area contributed by atoms with E-state index in [4.69, 9.17) is 9.52 Å². The maximum absolute atomic E-state index is 10.9. The molecule has 0 spiro atoms. The smallest absolute Gasteiger partial charge is 0.335 e. The molecule has 0 aliphatic carbocycles. The second kappa shape index (κ2) is 7.72. The summed E-state index contributed by atoms with van der Waals surface area (Å²) in [6.45, 7) is 2.92. The topological polar surface area (TPSA) is 79.5 Å². The molecule has 0 unspecified atom stereocenters. The Hall–Kier alpha value is -2.99. The Morgan fingerprint density at radius 2 is 1.93 bits per heavy atom. The molecule has 0 amide bonds. The molecular weight excluding hydrogens is 342 g/mol. The zero-order chi connectivity index (χ0) is 18.6. The van der Waals surface area contributed by atoms with Crippen LogP contribution in [0.2, 0.25) is 0 Å². The van der Waals surface area contributed by atoms with Crippen LogP contribution in [0.5, 0.6) is 0 Å². The fourth-order valence-corrected chi connectivity index (χ4v) is 3.57. The lowest BCUT2D eigenvalue weighted by molar-refractivity contribution is 0.0697. The average Bonchev–Trinajstić information content (AvgIpc) is 3.35. The lowest BCUT2D eigenvalue weighted by Gasteiger charge is -2.16. The first-order valence-electron chi connectivity index (χ1n) is 9.07. The van der Waals surface area contributed by atoms with Crippen LogP contribution in [-0.4, -0.2) is 39.0 Å². The van der Waals surface area contributed by atoms with Crippen LogP contribution in [0, 0.1) is 5.92 Å². The molecule has 6 nitrogen and oxygen atoms in total. The first-order valence-corrected chi connectivity index (χ1v) is 9.07. The number of carbonyl (C=O) groups is 1. The molecule has 1 saturated heterocycles. The molecule has 1 atom stereocenters. The first-order chi connectivity index (χ1) is 13.2. The summed E-state index contributed by atoms with van der Waals surface area (Å²) in [6, 6.07) is 10.9. The Morgan fingerprint density at radius 1 is 1.15 bits per heavy atom. The van der Waals surface area contributed by atoms with Crippen LogP contribution < -0.4 is 0 Å². The fraction of sp³-hybridized carbons (Fsp3) is 0.286. The molecule has 0 saturated carbocycles. The number of hydrogen-bond donors (Lipinski definition) is 1. The standard InChI is InChI=1S/C21H21N3O3/c25-21(26)18-5-3-15(4-6-18)10-16-7-8-24(13-16)14-17-11-22-20(23-12-17)19-2-1-9-27-19/h1-6,9,11-12,16H,7-8,10,13-14H2,(H,25,26)/t16-/m0/s1. The second-order valence-electron chi connectivity index (χ2n) is 6.99. The summed E-state index contributed by atoms with van der Waals surface area (Å²) in [6.07, 6.45) is 7.47.